The highest BCUT2D eigenvalue weighted by Crippen LogP contribution is 2.35. The maximum absolute atomic E-state index is 11.4. The quantitative estimate of drug-likeness (QED) is 0.877. The summed E-state index contributed by atoms with van der Waals surface area (Å²) in [6.45, 7) is 3.35. The smallest absolute Gasteiger partial charge is 0.208 e. The summed E-state index contributed by atoms with van der Waals surface area (Å²) in [5.74, 6) is 1.63. The second-order valence-electron chi connectivity index (χ2n) is 6.18. The van der Waals surface area contributed by atoms with Crippen LogP contribution < -0.4 is 14.2 Å². The fourth-order valence-electron chi connectivity index (χ4n) is 3.22. The van der Waals surface area contributed by atoms with Crippen LogP contribution in [-0.4, -0.2) is 51.9 Å². The Morgan fingerprint density at radius 2 is 2.09 bits per heavy atom. The first-order chi connectivity index (χ1) is 11.0. The van der Waals surface area contributed by atoms with Gasteiger partial charge in [0.05, 0.1) is 6.26 Å². The molecule has 1 saturated heterocycles. The number of nitrogens with one attached hydrogen (secondary N) is 1. The van der Waals surface area contributed by atoms with E-state index in [2.05, 4.69) is 15.7 Å². The minimum Gasteiger partial charge on any atom is -0.486 e. The third-order valence-electron chi connectivity index (χ3n) is 4.35. The van der Waals surface area contributed by atoms with Gasteiger partial charge in [0.15, 0.2) is 11.5 Å². The van der Waals surface area contributed by atoms with Gasteiger partial charge in [-0.15, -0.1) is 0 Å². The van der Waals surface area contributed by atoms with E-state index in [-0.39, 0.29) is 6.04 Å². The molecule has 1 aromatic carbocycles. The van der Waals surface area contributed by atoms with Crippen molar-refractivity contribution in [1.82, 2.24) is 9.62 Å². The Morgan fingerprint density at radius 1 is 1.26 bits per heavy atom. The van der Waals surface area contributed by atoms with E-state index in [1.165, 1.54) is 6.26 Å². The van der Waals surface area contributed by atoms with E-state index in [1.807, 2.05) is 12.1 Å². The molecule has 23 heavy (non-hydrogen) atoms. The van der Waals surface area contributed by atoms with Crippen molar-refractivity contribution in [1.29, 1.82) is 0 Å². The van der Waals surface area contributed by atoms with Gasteiger partial charge in [0.1, 0.15) is 13.2 Å². The minimum atomic E-state index is -3.16. The van der Waals surface area contributed by atoms with Gasteiger partial charge in [-0.2, -0.15) is 0 Å². The van der Waals surface area contributed by atoms with E-state index in [0.29, 0.717) is 19.8 Å². The number of ether oxygens (including phenoxy) is 2. The lowest BCUT2D eigenvalue weighted by molar-refractivity contribution is 0.134. The Bertz CT molecular complexity index is 647. The lowest BCUT2D eigenvalue weighted by Crippen LogP contribution is -2.46. The van der Waals surface area contributed by atoms with Crippen LogP contribution in [0.25, 0.3) is 0 Å². The number of rotatable bonds is 5. The van der Waals surface area contributed by atoms with Gasteiger partial charge >= 0.3 is 0 Å². The molecular weight excluding hydrogens is 316 g/mol. The lowest BCUT2D eigenvalue weighted by Gasteiger charge is -2.36. The van der Waals surface area contributed by atoms with Crippen molar-refractivity contribution in [3.8, 4) is 11.5 Å². The van der Waals surface area contributed by atoms with Crippen LogP contribution in [0.15, 0.2) is 18.2 Å². The summed E-state index contributed by atoms with van der Waals surface area (Å²) in [5.41, 5.74) is 1.11. The number of piperidine rings is 1. The monoisotopic (exact) mass is 340 g/mol. The zero-order chi connectivity index (χ0) is 16.3. The molecule has 0 aromatic heterocycles. The molecule has 2 aliphatic rings. The maximum Gasteiger partial charge on any atom is 0.208 e. The molecule has 0 unspecified atom stereocenters. The fraction of sp³-hybridized carbons (Fsp3) is 0.625. The topological polar surface area (TPSA) is 67.9 Å². The van der Waals surface area contributed by atoms with Crippen molar-refractivity contribution in [2.24, 2.45) is 0 Å². The molecule has 0 saturated carbocycles. The van der Waals surface area contributed by atoms with Crippen LogP contribution in [0.4, 0.5) is 0 Å². The van der Waals surface area contributed by atoms with Crippen molar-refractivity contribution < 1.29 is 17.9 Å². The fourth-order valence-corrected chi connectivity index (χ4v) is 3.72. The summed E-state index contributed by atoms with van der Waals surface area (Å²) in [6, 6.07) is 6.19. The van der Waals surface area contributed by atoms with E-state index in [9.17, 15) is 8.42 Å². The zero-order valence-corrected chi connectivity index (χ0v) is 14.3. The second kappa shape index (κ2) is 7.07. The zero-order valence-electron chi connectivity index (χ0n) is 13.5. The molecule has 0 radical (unpaired) electrons. The van der Waals surface area contributed by atoms with Gasteiger partial charge in [-0.3, -0.25) is 4.90 Å². The van der Waals surface area contributed by atoms with Gasteiger partial charge in [0.25, 0.3) is 0 Å². The van der Waals surface area contributed by atoms with Crippen molar-refractivity contribution in [2.45, 2.75) is 31.8 Å². The standard InChI is InChI=1S/C16H24N2O4S/c1-23(19,20)17-11-14-6-2-3-8-18(14)12-13-5-4-7-15-16(13)22-10-9-21-15/h4-5,7,14,17H,2-3,6,8-12H2,1H3/t14-/m0/s1. The van der Waals surface area contributed by atoms with Gasteiger partial charge in [-0.1, -0.05) is 18.6 Å². The molecule has 128 valence electrons. The Labute approximate surface area is 137 Å². The third-order valence-corrected chi connectivity index (χ3v) is 5.04. The van der Waals surface area contributed by atoms with Crippen LogP contribution >= 0.6 is 0 Å². The number of hydrogen-bond acceptors (Lipinski definition) is 5. The molecule has 1 N–H and O–H groups in total. The van der Waals surface area contributed by atoms with Crippen molar-refractivity contribution in [3.63, 3.8) is 0 Å². The Morgan fingerprint density at radius 3 is 2.91 bits per heavy atom. The molecule has 3 rings (SSSR count). The number of benzene rings is 1. The summed E-state index contributed by atoms with van der Waals surface area (Å²) in [7, 11) is -3.16. The van der Waals surface area contributed by atoms with E-state index < -0.39 is 10.0 Å². The van der Waals surface area contributed by atoms with Gasteiger partial charge in [0, 0.05) is 24.7 Å². The molecule has 1 aromatic rings. The van der Waals surface area contributed by atoms with Gasteiger partial charge in [-0.25, -0.2) is 13.1 Å². The molecule has 7 heteroatoms. The first kappa shape index (κ1) is 16.5. The molecule has 2 aliphatic heterocycles. The van der Waals surface area contributed by atoms with Gasteiger partial charge in [-0.05, 0) is 25.5 Å². The molecule has 0 spiro atoms. The third kappa shape index (κ3) is 4.37. The molecule has 1 atom stereocenters. The van der Waals surface area contributed by atoms with E-state index in [1.54, 1.807) is 0 Å². The van der Waals surface area contributed by atoms with Crippen LogP contribution in [0.3, 0.4) is 0 Å². The Hall–Kier alpha value is -1.31. The first-order valence-electron chi connectivity index (χ1n) is 8.09. The van der Waals surface area contributed by atoms with Gasteiger partial charge in [0.2, 0.25) is 10.0 Å². The predicted octanol–water partition coefficient (Wildman–Crippen LogP) is 1.36. The van der Waals surface area contributed by atoms with Gasteiger partial charge < -0.3 is 9.47 Å². The number of fused-ring (bicyclic) bond motifs is 1. The number of sulfonamides is 1. The van der Waals surface area contributed by atoms with Crippen LogP contribution in [-0.2, 0) is 16.6 Å². The molecule has 6 nitrogen and oxygen atoms in total. The minimum absolute atomic E-state index is 0.221. The molecular formula is C16H24N2O4S. The Balaban J connectivity index is 1.72. The normalized spacial score (nSPS) is 22.0. The average Bonchev–Trinajstić information content (AvgIpc) is 2.54. The molecule has 1 fully saturated rings. The first-order valence-corrected chi connectivity index (χ1v) is 9.98. The largest absolute Gasteiger partial charge is 0.486 e. The van der Waals surface area contributed by atoms with E-state index in [0.717, 1.165) is 49.4 Å². The number of nitrogens with zero attached hydrogens (tertiary/aromatic N) is 1. The Kier molecular flexibility index (Phi) is 5.08. The molecule has 2 heterocycles. The SMILES string of the molecule is CS(=O)(=O)NC[C@@H]1CCCCN1Cc1cccc2c1OCCO2. The molecule has 0 amide bonds. The average molecular weight is 340 g/mol. The van der Waals surface area contributed by atoms with Crippen LogP contribution in [0.2, 0.25) is 0 Å². The highest BCUT2D eigenvalue weighted by atomic mass is 32.2. The van der Waals surface area contributed by atoms with Crippen LogP contribution in [0, 0.1) is 0 Å². The number of para-hydroxylation sites is 1. The van der Waals surface area contributed by atoms with Crippen LogP contribution in [0.1, 0.15) is 24.8 Å². The molecule has 0 bridgehead atoms. The van der Waals surface area contributed by atoms with Crippen LogP contribution in [0.5, 0.6) is 11.5 Å². The molecule has 0 aliphatic carbocycles. The number of hydrogen-bond donors (Lipinski definition) is 1. The highest BCUT2D eigenvalue weighted by Gasteiger charge is 2.25. The summed E-state index contributed by atoms with van der Waals surface area (Å²) in [5, 5.41) is 0. The predicted molar refractivity (Wildman–Crippen MR) is 88.3 cm³/mol. The summed E-state index contributed by atoms with van der Waals surface area (Å²) in [6.07, 6.45) is 4.49. The number of likely N-dealkylation sites (tertiary alicyclic amines) is 1. The summed E-state index contributed by atoms with van der Waals surface area (Å²) in [4.78, 5) is 2.34. The lowest BCUT2D eigenvalue weighted by atomic mass is 10.0. The summed E-state index contributed by atoms with van der Waals surface area (Å²) >= 11 is 0. The van der Waals surface area contributed by atoms with Crippen molar-refractivity contribution in [2.75, 3.05) is 32.6 Å². The van der Waals surface area contributed by atoms with Crippen molar-refractivity contribution >= 4 is 10.0 Å². The summed E-state index contributed by atoms with van der Waals surface area (Å²) < 4.78 is 36.8. The van der Waals surface area contributed by atoms with E-state index >= 15 is 0 Å². The highest BCUT2D eigenvalue weighted by molar-refractivity contribution is 7.88. The van der Waals surface area contributed by atoms with Crippen molar-refractivity contribution in [3.05, 3.63) is 23.8 Å². The van der Waals surface area contributed by atoms with E-state index in [4.69, 9.17) is 9.47 Å². The maximum atomic E-state index is 11.4. The second-order valence-corrected chi connectivity index (χ2v) is 8.02.